The highest BCUT2D eigenvalue weighted by Crippen LogP contribution is 2.44. The molecule has 0 unspecified atom stereocenters. The molecule has 0 radical (unpaired) electrons. The second-order valence-electron chi connectivity index (χ2n) is 4.30. The molecule has 6 nitrogen and oxygen atoms in total. The van der Waals surface area contributed by atoms with Crippen molar-refractivity contribution < 1.29 is 9.22 Å². The fraction of sp³-hybridized carbons (Fsp3) is 0.500. The number of nitrogen functional groups attached to an aromatic ring is 1. The largest absolute Gasteiger partial charge is 0.390 e. The highest BCUT2D eigenvalue weighted by atomic mass is 79.9. The Kier molecular flexibility index (Phi) is 1.60. The van der Waals surface area contributed by atoms with Crippen molar-refractivity contribution in [1.82, 2.24) is 19.6 Å². The van der Waals surface area contributed by atoms with Crippen LogP contribution in [-0.4, -0.2) is 30.3 Å². The predicted molar refractivity (Wildman–Crippen MR) is 65.5 cm³/mol. The quantitative estimate of drug-likeness (QED) is 0.823. The molecular formula is C10H12BrN5O. The maximum atomic E-state index is 10.0. The summed E-state index contributed by atoms with van der Waals surface area (Å²) in [5.74, 6) is 0.694. The van der Waals surface area contributed by atoms with Crippen LogP contribution in [-0.2, 0) is 0 Å². The minimum atomic E-state index is -2.39. The zero-order chi connectivity index (χ0) is 14.7. The molecule has 0 bridgehead atoms. The molecule has 2 aromatic heterocycles. The summed E-state index contributed by atoms with van der Waals surface area (Å²) >= 11 is 3.29. The molecule has 0 aliphatic heterocycles. The van der Waals surface area contributed by atoms with Gasteiger partial charge in [0.25, 0.3) is 0 Å². The van der Waals surface area contributed by atoms with Crippen molar-refractivity contribution in [3.63, 3.8) is 0 Å². The molecule has 1 aliphatic carbocycles. The van der Waals surface area contributed by atoms with Crippen LogP contribution in [0.2, 0.25) is 0 Å². The number of aliphatic hydroxyl groups is 1. The van der Waals surface area contributed by atoms with Crippen molar-refractivity contribution in [2.75, 3.05) is 5.73 Å². The van der Waals surface area contributed by atoms with Crippen LogP contribution in [0, 0.1) is 0 Å². The first-order chi connectivity index (χ1) is 9.23. The van der Waals surface area contributed by atoms with Gasteiger partial charge in [-0.25, -0.2) is 14.5 Å². The zero-order valence-electron chi connectivity index (χ0n) is 11.8. The lowest BCUT2D eigenvalue weighted by molar-refractivity contribution is -0.0337. The molecule has 0 spiro atoms. The van der Waals surface area contributed by atoms with Crippen LogP contribution in [0.3, 0.4) is 0 Å². The number of imidazole rings is 1. The summed E-state index contributed by atoms with van der Waals surface area (Å²) in [6.07, 6.45) is 1.56. The van der Waals surface area contributed by atoms with Crippen molar-refractivity contribution in [2.24, 2.45) is 0 Å². The van der Waals surface area contributed by atoms with E-state index in [1.54, 1.807) is 0 Å². The van der Waals surface area contributed by atoms with Gasteiger partial charge in [-0.05, 0) is 35.6 Å². The van der Waals surface area contributed by atoms with E-state index in [2.05, 4.69) is 31.0 Å². The number of hydrogen-bond donors (Lipinski definition) is 2. The minimum absolute atomic E-state index is 0.124. The number of nitrogens with two attached hydrogens (primary N) is 1. The summed E-state index contributed by atoms with van der Waals surface area (Å²) in [5, 5.41) is 14.1. The second-order valence-corrected chi connectivity index (χ2v) is 5.05. The molecule has 90 valence electrons. The van der Waals surface area contributed by atoms with E-state index in [0.717, 1.165) is 0 Å². The molecule has 3 N–H and O–H groups in total. The first-order valence-corrected chi connectivity index (χ1v) is 5.89. The van der Waals surface area contributed by atoms with Gasteiger partial charge in [0.2, 0.25) is 0 Å². The molecule has 17 heavy (non-hydrogen) atoms. The fourth-order valence-corrected chi connectivity index (χ4v) is 2.69. The Labute approximate surface area is 110 Å². The number of fused-ring (bicyclic) bond motifs is 1. The van der Waals surface area contributed by atoms with Crippen molar-refractivity contribution in [1.29, 1.82) is 0 Å². The molecule has 3 rings (SSSR count). The summed E-state index contributed by atoms with van der Waals surface area (Å²) in [6.45, 7) is -2.39. The third-order valence-electron chi connectivity index (χ3n) is 2.98. The Morgan fingerprint density at radius 2 is 2.47 bits per heavy atom. The normalized spacial score (nSPS) is 31.6. The van der Waals surface area contributed by atoms with Crippen LogP contribution in [0.1, 0.15) is 35.5 Å². The van der Waals surface area contributed by atoms with Crippen LogP contribution < -0.4 is 5.73 Å². The van der Waals surface area contributed by atoms with E-state index < -0.39 is 12.5 Å². The van der Waals surface area contributed by atoms with Crippen LogP contribution in [0.5, 0.6) is 0 Å². The van der Waals surface area contributed by atoms with E-state index in [1.165, 1.54) is 10.8 Å². The van der Waals surface area contributed by atoms with Gasteiger partial charge in [0, 0.05) is 10.0 Å². The Bertz CT molecular complexity index is 679. The monoisotopic (exact) mass is 300 g/mol. The maximum absolute atomic E-state index is 10.0. The number of aromatic nitrogens is 4. The summed E-state index contributed by atoms with van der Waals surface area (Å²) in [5.41, 5.74) is 4.67. The van der Waals surface area contributed by atoms with Gasteiger partial charge in [0.05, 0.1) is 5.60 Å². The summed E-state index contributed by atoms with van der Waals surface area (Å²) in [4.78, 5) is 8.21. The number of anilines is 1. The van der Waals surface area contributed by atoms with Crippen LogP contribution in [0.25, 0.3) is 5.52 Å². The summed E-state index contributed by atoms with van der Waals surface area (Å²) in [7, 11) is 0. The Hall–Kier alpha value is -1.21. The van der Waals surface area contributed by atoms with Crippen molar-refractivity contribution in [3.8, 4) is 0 Å². The molecule has 7 heteroatoms. The predicted octanol–water partition coefficient (Wildman–Crippen LogP) is 1.10. The number of rotatable bonds is 1. The fourth-order valence-electron chi connectivity index (χ4n) is 2.14. The van der Waals surface area contributed by atoms with Crippen LogP contribution in [0.15, 0.2) is 10.9 Å². The third kappa shape index (κ3) is 1.61. The first-order valence-electron chi connectivity index (χ1n) is 6.60. The lowest BCUT2D eigenvalue weighted by Gasteiger charge is -2.39. The van der Waals surface area contributed by atoms with Gasteiger partial charge in [-0.2, -0.15) is 5.10 Å². The Balaban J connectivity index is 1.97. The highest BCUT2D eigenvalue weighted by Gasteiger charge is 2.41. The van der Waals surface area contributed by atoms with Crippen LogP contribution >= 0.6 is 15.9 Å². The van der Waals surface area contributed by atoms with E-state index in [4.69, 9.17) is 9.85 Å². The van der Waals surface area contributed by atoms with Gasteiger partial charge in [0.1, 0.15) is 22.3 Å². The molecule has 0 aromatic carbocycles. The molecule has 1 aliphatic rings. The van der Waals surface area contributed by atoms with Crippen LogP contribution in [0.4, 0.5) is 5.82 Å². The van der Waals surface area contributed by atoms with E-state index >= 15 is 0 Å². The third-order valence-corrected chi connectivity index (χ3v) is 3.53. The van der Waals surface area contributed by atoms with E-state index in [-0.39, 0.29) is 24.6 Å². The SMILES string of the molecule is [2H]C([2H])([2H])[C@]1(O)C[C@@H](c2nc(Br)c3c(N)ncnn32)C1. The molecule has 1 fully saturated rings. The Morgan fingerprint density at radius 3 is 3.18 bits per heavy atom. The van der Waals surface area contributed by atoms with Crippen molar-refractivity contribution in [3.05, 3.63) is 16.8 Å². The van der Waals surface area contributed by atoms with Gasteiger partial charge in [0.15, 0.2) is 5.82 Å². The maximum Gasteiger partial charge on any atom is 0.154 e. The molecular weight excluding hydrogens is 286 g/mol. The van der Waals surface area contributed by atoms with Gasteiger partial charge < -0.3 is 10.8 Å². The lowest BCUT2D eigenvalue weighted by atomic mass is 9.72. The number of halogens is 1. The zero-order valence-corrected chi connectivity index (χ0v) is 10.3. The standard InChI is InChI=1S/C10H12BrN5O/c1-10(17)2-5(3-10)9-15-7(11)6-8(12)13-4-14-16(6)9/h4-5,17H,2-3H2,1H3,(H2,12,13,14)/t5-,10+/i1D3. The van der Waals surface area contributed by atoms with E-state index in [1.807, 2.05) is 0 Å². The molecule has 0 amide bonds. The lowest BCUT2D eigenvalue weighted by Crippen LogP contribution is -2.40. The van der Waals surface area contributed by atoms with Gasteiger partial charge in [-0.3, -0.25) is 0 Å². The average Bonchev–Trinajstić information content (AvgIpc) is 2.62. The topological polar surface area (TPSA) is 89.3 Å². The molecule has 2 aromatic rings. The van der Waals surface area contributed by atoms with Gasteiger partial charge >= 0.3 is 0 Å². The summed E-state index contributed by atoms with van der Waals surface area (Å²) < 4.78 is 24.1. The Morgan fingerprint density at radius 1 is 1.71 bits per heavy atom. The van der Waals surface area contributed by atoms with Crippen molar-refractivity contribution >= 4 is 27.3 Å². The minimum Gasteiger partial charge on any atom is -0.390 e. The van der Waals surface area contributed by atoms with E-state index in [0.29, 0.717) is 15.9 Å². The number of hydrogen-bond acceptors (Lipinski definition) is 5. The first kappa shape index (κ1) is 7.99. The molecule has 2 heterocycles. The van der Waals surface area contributed by atoms with Crippen molar-refractivity contribution in [2.45, 2.75) is 31.2 Å². The summed E-state index contributed by atoms with van der Waals surface area (Å²) in [6, 6.07) is 0. The van der Waals surface area contributed by atoms with E-state index in [9.17, 15) is 5.11 Å². The number of nitrogens with zero attached hydrogens (tertiary/aromatic N) is 4. The smallest absolute Gasteiger partial charge is 0.154 e. The van der Waals surface area contributed by atoms with Gasteiger partial charge in [-0.1, -0.05) is 0 Å². The second kappa shape index (κ2) is 3.39. The molecule has 0 saturated heterocycles. The molecule has 0 atom stereocenters. The molecule has 1 saturated carbocycles. The average molecular weight is 301 g/mol. The highest BCUT2D eigenvalue weighted by molar-refractivity contribution is 9.10. The van der Waals surface area contributed by atoms with Gasteiger partial charge in [-0.15, -0.1) is 0 Å².